The monoisotopic (exact) mass is 1060 g/mol. The molecule has 20 heteroatoms. The summed E-state index contributed by atoms with van der Waals surface area (Å²) in [4.78, 5) is 8.29. The molecule has 0 fully saturated rings. The van der Waals surface area contributed by atoms with Crippen molar-refractivity contribution in [3.63, 3.8) is 0 Å². The van der Waals surface area contributed by atoms with Gasteiger partial charge < -0.3 is 28.4 Å². The van der Waals surface area contributed by atoms with Gasteiger partial charge in [-0.25, -0.2) is 21.2 Å². The van der Waals surface area contributed by atoms with Crippen molar-refractivity contribution in [1.82, 2.24) is 9.97 Å². The highest BCUT2D eigenvalue weighted by atomic mass is 79.9. The minimum absolute atomic E-state index is 0.0630. The van der Waals surface area contributed by atoms with E-state index < -0.39 is 30.8 Å². The van der Waals surface area contributed by atoms with Crippen LogP contribution in [-0.4, -0.2) is 55.2 Å². The Morgan fingerprint density at radius 1 is 0.544 bits per heavy atom. The zero-order chi connectivity index (χ0) is 48.9. The third-order valence-corrected chi connectivity index (χ3v) is 14.4. The number of fused-ring (bicyclic) bond motifs is 2. The summed E-state index contributed by atoms with van der Waals surface area (Å²) in [5.74, 6) is 3.38. The molecule has 2 N–H and O–H groups in total. The molecule has 0 aliphatic carbocycles. The molecule has 2 heterocycles. The molecule has 68 heavy (non-hydrogen) atoms. The highest BCUT2D eigenvalue weighted by molar-refractivity contribution is 9.10. The van der Waals surface area contributed by atoms with Crippen LogP contribution in [0.4, 0.5) is 15.8 Å². The number of nitrogens with zero attached hydrogens (tertiary/aromatic N) is 2. The Bertz CT molecular complexity index is 3440. The zero-order valence-corrected chi connectivity index (χ0v) is 41.6. The van der Waals surface area contributed by atoms with Crippen LogP contribution in [0.25, 0.3) is 21.8 Å². The molecular weight excluding hydrogens is 1030 g/mol. The highest BCUT2D eigenvalue weighted by Crippen LogP contribution is 2.39. The number of hydrogen-bond donors (Lipinski definition) is 2. The summed E-state index contributed by atoms with van der Waals surface area (Å²) in [6.07, 6.45) is 3.25. The molecule has 0 unspecified atom stereocenters. The van der Waals surface area contributed by atoms with E-state index in [9.17, 15) is 21.2 Å². The van der Waals surface area contributed by atoms with Crippen LogP contribution in [-0.2, 0) is 20.0 Å². The zero-order valence-electron chi connectivity index (χ0n) is 36.9. The summed E-state index contributed by atoms with van der Waals surface area (Å²) in [5.41, 5.74) is 3.31. The molecular formula is C48H40BrCl2FN4O10S2. The van der Waals surface area contributed by atoms with Gasteiger partial charge in [-0.05, 0) is 138 Å². The van der Waals surface area contributed by atoms with E-state index in [1.165, 1.54) is 18.2 Å². The molecule has 14 nitrogen and oxygen atoms in total. The van der Waals surface area contributed by atoms with Crippen LogP contribution >= 0.6 is 39.1 Å². The van der Waals surface area contributed by atoms with Crippen LogP contribution in [0.3, 0.4) is 0 Å². The van der Waals surface area contributed by atoms with Gasteiger partial charge in [0.15, 0.2) is 23.0 Å². The number of aryl methyl sites for hydroxylation is 2. The fraction of sp³-hybridized carbons (Fsp3) is 0.125. The lowest BCUT2D eigenvalue weighted by Crippen LogP contribution is -2.15. The Balaban J connectivity index is 0.000000201. The third-order valence-electron chi connectivity index (χ3n) is 10.1. The molecule has 0 bridgehead atoms. The molecule has 8 aromatic rings. The summed E-state index contributed by atoms with van der Waals surface area (Å²) < 4.78 is 104. The van der Waals surface area contributed by atoms with Crippen LogP contribution in [0, 0.1) is 19.7 Å². The van der Waals surface area contributed by atoms with Crippen molar-refractivity contribution < 1.29 is 49.6 Å². The van der Waals surface area contributed by atoms with Gasteiger partial charge in [0.2, 0.25) is 0 Å². The Morgan fingerprint density at radius 3 is 1.46 bits per heavy atom. The maximum Gasteiger partial charge on any atom is 0.264 e. The fourth-order valence-electron chi connectivity index (χ4n) is 6.70. The molecule has 0 aliphatic heterocycles. The Hall–Kier alpha value is -6.57. The molecule has 0 aliphatic rings. The normalized spacial score (nSPS) is 11.3. The van der Waals surface area contributed by atoms with Crippen molar-refractivity contribution >= 4 is 92.4 Å². The number of hydrogen-bond acceptors (Lipinski definition) is 12. The van der Waals surface area contributed by atoms with Crippen molar-refractivity contribution in [2.75, 3.05) is 37.9 Å². The standard InChI is InChI=1S/C24H20BrClN2O5S.C24H20ClFN2O5S/c1-14-10-15(4-7-20(14)28-34(29,30)16-5-6-18(25)19(26)11-16)33-22-8-9-27-21-13-24(32-3)23(31-2)12-17(21)22;1-14-10-16(5-6-19(14)28-34(29,30)24-7-4-15(25)11-18(24)26)33-21-8-9-27-20-13-23(32-3)22(31-2)12-17(20)21/h2*4-13,28H,1-3H3. The lowest BCUT2D eigenvalue weighted by Gasteiger charge is -2.14. The van der Waals surface area contributed by atoms with Gasteiger partial charge in [-0.15, -0.1) is 0 Å². The van der Waals surface area contributed by atoms with Crippen LogP contribution < -0.4 is 37.9 Å². The Labute approximate surface area is 410 Å². The second-order valence-electron chi connectivity index (χ2n) is 14.6. The minimum atomic E-state index is -4.16. The van der Waals surface area contributed by atoms with E-state index in [4.69, 9.17) is 51.6 Å². The topological polar surface area (TPSA) is 174 Å². The number of aromatic nitrogens is 2. The van der Waals surface area contributed by atoms with Crippen molar-refractivity contribution in [2.45, 2.75) is 23.6 Å². The van der Waals surface area contributed by atoms with E-state index in [0.717, 1.165) is 17.5 Å². The first kappa shape index (κ1) is 49.3. The Morgan fingerprint density at radius 2 is 1.01 bits per heavy atom. The summed E-state index contributed by atoms with van der Waals surface area (Å²) in [6, 6.07) is 28.3. The lowest BCUT2D eigenvalue weighted by atomic mass is 10.1. The van der Waals surface area contributed by atoms with E-state index in [0.29, 0.717) is 88.7 Å². The van der Waals surface area contributed by atoms with Crippen molar-refractivity contribution in [3.8, 4) is 46.0 Å². The van der Waals surface area contributed by atoms with Crippen LogP contribution in [0.1, 0.15) is 11.1 Å². The maximum absolute atomic E-state index is 14.1. The van der Waals surface area contributed by atoms with Gasteiger partial charge in [-0.3, -0.25) is 19.4 Å². The number of ether oxygens (including phenoxy) is 6. The average molecular weight is 1070 g/mol. The molecule has 0 spiro atoms. The predicted molar refractivity (Wildman–Crippen MR) is 264 cm³/mol. The van der Waals surface area contributed by atoms with E-state index >= 15 is 0 Å². The van der Waals surface area contributed by atoms with Crippen molar-refractivity contribution in [1.29, 1.82) is 0 Å². The van der Waals surface area contributed by atoms with Gasteiger partial charge in [-0.2, -0.15) is 0 Å². The molecule has 8 rings (SSSR count). The number of benzene rings is 6. The summed E-state index contributed by atoms with van der Waals surface area (Å²) in [6.45, 7) is 3.50. The molecule has 0 atom stereocenters. The number of rotatable bonds is 14. The molecule has 0 saturated carbocycles. The summed E-state index contributed by atoms with van der Waals surface area (Å²) in [7, 11) is -1.76. The number of sulfonamides is 2. The van der Waals surface area contributed by atoms with E-state index in [1.807, 2.05) is 0 Å². The number of methoxy groups -OCH3 is 4. The van der Waals surface area contributed by atoms with Crippen molar-refractivity contribution in [2.24, 2.45) is 0 Å². The van der Waals surface area contributed by atoms with Crippen LogP contribution in [0.2, 0.25) is 10.0 Å². The van der Waals surface area contributed by atoms with Crippen LogP contribution in [0.5, 0.6) is 46.0 Å². The highest BCUT2D eigenvalue weighted by Gasteiger charge is 2.22. The number of anilines is 2. The molecule has 0 radical (unpaired) electrons. The lowest BCUT2D eigenvalue weighted by molar-refractivity contribution is 0.355. The SMILES string of the molecule is COc1cc2nccc(Oc3ccc(NS(=O)(=O)c4ccc(Br)c(Cl)c4)c(C)c3)c2cc1OC.COc1cc2nccc(Oc3ccc(NS(=O)(=O)c4ccc(Cl)cc4F)c(C)c3)c2cc1OC. The van der Waals surface area contributed by atoms with Gasteiger partial charge in [0.1, 0.15) is 33.7 Å². The van der Waals surface area contributed by atoms with Gasteiger partial charge in [0, 0.05) is 44.8 Å². The molecule has 0 amide bonds. The van der Waals surface area contributed by atoms with Crippen molar-refractivity contribution in [3.05, 3.63) is 153 Å². The van der Waals surface area contributed by atoms with Gasteiger partial charge in [0.25, 0.3) is 20.0 Å². The summed E-state index contributed by atoms with van der Waals surface area (Å²) >= 11 is 15.0. The molecule has 6 aromatic carbocycles. The second kappa shape index (κ2) is 20.7. The van der Waals surface area contributed by atoms with E-state index in [1.54, 1.807) is 134 Å². The van der Waals surface area contributed by atoms with Gasteiger partial charge >= 0.3 is 0 Å². The Kier molecular flexibility index (Phi) is 15.1. The van der Waals surface area contributed by atoms with Gasteiger partial charge in [-0.1, -0.05) is 23.2 Å². The van der Waals surface area contributed by atoms with Gasteiger partial charge in [0.05, 0.1) is 60.8 Å². The molecule has 0 saturated heterocycles. The first-order valence-corrected chi connectivity index (χ1v) is 24.5. The first-order valence-electron chi connectivity index (χ1n) is 20.0. The largest absolute Gasteiger partial charge is 0.493 e. The first-order chi connectivity index (χ1) is 32.4. The fourth-order valence-corrected chi connectivity index (χ4v) is 9.69. The molecule has 352 valence electrons. The number of pyridine rings is 2. The maximum atomic E-state index is 14.1. The minimum Gasteiger partial charge on any atom is -0.493 e. The molecule has 2 aromatic heterocycles. The second-order valence-corrected chi connectivity index (χ2v) is 19.6. The van der Waals surface area contributed by atoms with E-state index in [2.05, 4.69) is 35.3 Å². The van der Waals surface area contributed by atoms with E-state index in [-0.39, 0.29) is 15.6 Å². The number of nitrogens with one attached hydrogen (secondary N) is 2. The smallest absolute Gasteiger partial charge is 0.264 e. The third kappa shape index (κ3) is 11.1. The van der Waals surface area contributed by atoms with Crippen LogP contribution in [0.15, 0.2) is 136 Å². The quantitative estimate of drug-likeness (QED) is 0.106. The predicted octanol–water partition coefficient (Wildman–Crippen LogP) is 12.5. The average Bonchev–Trinajstić information content (AvgIpc) is 3.31. The number of halogens is 4. The summed E-state index contributed by atoms with van der Waals surface area (Å²) in [5, 5.41) is 1.87.